The summed E-state index contributed by atoms with van der Waals surface area (Å²) in [6, 6.07) is 10.7. The Morgan fingerprint density at radius 3 is 2.85 bits per heavy atom. The summed E-state index contributed by atoms with van der Waals surface area (Å²) in [5.74, 6) is 0.444. The number of methoxy groups -OCH3 is 1. The van der Waals surface area contributed by atoms with Gasteiger partial charge in [0.15, 0.2) is 0 Å². The molecule has 1 amide bonds. The van der Waals surface area contributed by atoms with Crippen molar-refractivity contribution in [3.63, 3.8) is 0 Å². The number of carbonyl (C=O) groups is 1. The smallest absolute Gasteiger partial charge is 0.428 e. The average molecular weight is 288 g/mol. The summed E-state index contributed by atoms with van der Waals surface area (Å²) in [4.78, 5) is 16.3. The maximum atomic E-state index is 12.1. The van der Waals surface area contributed by atoms with Gasteiger partial charge in [-0.3, -0.25) is 4.79 Å². The van der Waals surface area contributed by atoms with Gasteiger partial charge in [0, 0.05) is 11.8 Å². The van der Waals surface area contributed by atoms with Crippen molar-refractivity contribution in [3.8, 4) is 5.75 Å². The number of aromatic nitrogens is 1. The Bertz CT molecular complexity index is 680. The standard InChI is InChI=1S/C13H11BClN3O2/c1-20-8-6-11(16-12(15)7-8)14-17-10-5-3-2-4-9(10)13(19)18-14/h2-7,17H,1H3,(H,18,19). The van der Waals surface area contributed by atoms with Crippen LogP contribution >= 0.6 is 11.6 Å². The summed E-state index contributed by atoms with van der Waals surface area (Å²) in [5.41, 5.74) is 1.97. The van der Waals surface area contributed by atoms with Gasteiger partial charge in [0.1, 0.15) is 10.9 Å². The second-order valence-corrected chi connectivity index (χ2v) is 4.74. The number of nitrogens with one attached hydrogen (secondary N) is 2. The van der Waals surface area contributed by atoms with Gasteiger partial charge in [-0.25, -0.2) is 4.98 Å². The molecule has 0 radical (unpaired) electrons. The molecular weight excluding hydrogens is 276 g/mol. The summed E-state index contributed by atoms with van der Waals surface area (Å²) < 4.78 is 5.16. The molecule has 2 N–H and O–H groups in total. The molecule has 1 aliphatic heterocycles. The lowest BCUT2D eigenvalue weighted by atomic mass is 9.69. The molecule has 0 bridgehead atoms. The molecule has 1 aromatic carbocycles. The minimum atomic E-state index is -0.440. The Hall–Kier alpha value is -2.21. The minimum Gasteiger partial charge on any atom is -0.497 e. The van der Waals surface area contributed by atoms with Gasteiger partial charge in [0.25, 0.3) is 0 Å². The molecule has 2 heterocycles. The summed E-state index contributed by atoms with van der Waals surface area (Å²) >= 11 is 5.95. The Balaban J connectivity index is 1.97. The van der Waals surface area contributed by atoms with Crippen LogP contribution in [0.25, 0.3) is 0 Å². The maximum absolute atomic E-state index is 12.1. The predicted octanol–water partition coefficient (Wildman–Crippen LogP) is 1.29. The van der Waals surface area contributed by atoms with Crippen molar-refractivity contribution in [2.75, 3.05) is 12.3 Å². The number of carbonyl (C=O) groups excluding carboxylic acids is 1. The number of rotatable bonds is 2. The fraction of sp³-hybridized carbons (Fsp3) is 0.0769. The van der Waals surface area contributed by atoms with Crippen molar-refractivity contribution in [1.82, 2.24) is 10.2 Å². The van der Waals surface area contributed by atoms with Crippen LogP contribution in [0.1, 0.15) is 10.4 Å². The van der Waals surface area contributed by atoms with E-state index in [0.717, 1.165) is 5.69 Å². The van der Waals surface area contributed by atoms with Crippen molar-refractivity contribution in [2.45, 2.75) is 0 Å². The highest BCUT2D eigenvalue weighted by molar-refractivity contribution is 6.76. The van der Waals surface area contributed by atoms with Gasteiger partial charge < -0.3 is 15.2 Å². The van der Waals surface area contributed by atoms with Crippen LogP contribution in [0.2, 0.25) is 5.15 Å². The van der Waals surface area contributed by atoms with Crippen LogP contribution in [0.5, 0.6) is 5.75 Å². The van der Waals surface area contributed by atoms with Crippen LogP contribution in [0.4, 0.5) is 5.69 Å². The highest BCUT2D eigenvalue weighted by Gasteiger charge is 2.30. The fourth-order valence-electron chi connectivity index (χ4n) is 2.11. The molecule has 2 aromatic rings. The van der Waals surface area contributed by atoms with Crippen LogP contribution < -0.4 is 20.8 Å². The number of benzene rings is 1. The van der Waals surface area contributed by atoms with Gasteiger partial charge in [0.2, 0.25) is 5.91 Å². The number of pyridine rings is 1. The summed E-state index contributed by atoms with van der Waals surface area (Å²) in [5, 5.41) is 6.37. The molecule has 0 unspecified atom stereocenters. The molecule has 0 aliphatic carbocycles. The third-order valence-corrected chi connectivity index (χ3v) is 3.26. The van der Waals surface area contributed by atoms with Gasteiger partial charge >= 0.3 is 6.98 Å². The van der Waals surface area contributed by atoms with E-state index < -0.39 is 6.98 Å². The Morgan fingerprint density at radius 1 is 1.25 bits per heavy atom. The molecule has 0 atom stereocenters. The zero-order valence-electron chi connectivity index (χ0n) is 10.7. The first kappa shape index (κ1) is 12.8. The number of hydrogen-bond acceptors (Lipinski definition) is 4. The molecule has 0 saturated carbocycles. The SMILES string of the molecule is COc1cc(Cl)nc(B2NC(=O)c3ccccc3N2)c1. The highest BCUT2D eigenvalue weighted by atomic mass is 35.5. The molecule has 3 rings (SSSR count). The van der Waals surface area contributed by atoms with Crippen molar-refractivity contribution in [2.24, 2.45) is 0 Å². The Labute approximate surface area is 121 Å². The van der Waals surface area contributed by atoms with E-state index in [1.807, 2.05) is 18.2 Å². The summed E-state index contributed by atoms with van der Waals surface area (Å²) in [7, 11) is 1.55. The van der Waals surface area contributed by atoms with Gasteiger partial charge in [-0.15, -0.1) is 0 Å². The lowest BCUT2D eigenvalue weighted by Crippen LogP contribution is -2.57. The molecule has 7 heteroatoms. The van der Waals surface area contributed by atoms with Gasteiger partial charge in [-0.05, 0) is 18.2 Å². The van der Waals surface area contributed by atoms with Crippen LogP contribution in [-0.2, 0) is 0 Å². The zero-order chi connectivity index (χ0) is 14.1. The number of halogens is 1. The van der Waals surface area contributed by atoms with Crippen molar-refractivity contribution in [3.05, 3.63) is 47.1 Å². The first-order chi connectivity index (χ1) is 9.67. The van der Waals surface area contributed by atoms with E-state index in [9.17, 15) is 4.79 Å². The van der Waals surface area contributed by atoms with E-state index in [-0.39, 0.29) is 5.91 Å². The van der Waals surface area contributed by atoms with E-state index in [2.05, 4.69) is 15.4 Å². The normalized spacial score (nSPS) is 13.3. The second-order valence-electron chi connectivity index (χ2n) is 4.35. The van der Waals surface area contributed by atoms with Crippen LogP contribution in [0.3, 0.4) is 0 Å². The number of anilines is 1. The topological polar surface area (TPSA) is 63.2 Å². The minimum absolute atomic E-state index is 0.148. The lowest BCUT2D eigenvalue weighted by molar-refractivity contribution is 0.0979. The average Bonchev–Trinajstić information content (AvgIpc) is 2.46. The number of para-hydroxylation sites is 1. The molecule has 1 aromatic heterocycles. The number of ether oxygens (including phenoxy) is 1. The fourth-order valence-corrected chi connectivity index (χ4v) is 2.32. The Kier molecular flexibility index (Phi) is 3.24. The van der Waals surface area contributed by atoms with Crippen molar-refractivity contribution < 1.29 is 9.53 Å². The molecule has 0 fully saturated rings. The third-order valence-electron chi connectivity index (χ3n) is 3.07. The second kappa shape index (κ2) is 5.05. The van der Waals surface area contributed by atoms with Gasteiger partial charge in [0.05, 0.1) is 18.3 Å². The van der Waals surface area contributed by atoms with E-state index in [1.54, 1.807) is 25.3 Å². The van der Waals surface area contributed by atoms with Gasteiger partial charge in [-0.2, -0.15) is 0 Å². The van der Waals surface area contributed by atoms with E-state index >= 15 is 0 Å². The maximum Gasteiger partial charge on any atom is 0.428 e. The van der Waals surface area contributed by atoms with Crippen LogP contribution in [0, 0.1) is 0 Å². The zero-order valence-corrected chi connectivity index (χ0v) is 11.4. The van der Waals surface area contributed by atoms with Crippen molar-refractivity contribution in [1.29, 1.82) is 0 Å². The molecule has 0 saturated heterocycles. The first-order valence-corrected chi connectivity index (χ1v) is 6.43. The van der Waals surface area contributed by atoms with E-state index in [4.69, 9.17) is 16.3 Å². The quantitative estimate of drug-likeness (QED) is 0.645. The van der Waals surface area contributed by atoms with Crippen LogP contribution in [0.15, 0.2) is 36.4 Å². The monoisotopic (exact) mass is 287 g/mol. The number of fused-ring (bicyclic) bond motifs is 1. The molecular formula is C13H11BClN3O2. The third kappa shape index (κ3) is 2.30. The molecule has 100 valence electrons. The molecule has 0 spiro atoms. The summed E-state index contributed by atoms with van der Waals surface area (Å²) in [6.07, 6.45) is 0. The number of nitrogens with zero attached hydrogens (tertiary/aromatic N) is 1. The highest BCUT2D eigenvalue weighted by Crippen LogP contribution is 2.19. The van der Waals surface area contributed by atoms with Gasteiger partial charge in [-0.1, -0.05) is 23.7 Å². The van der Waals surface area contributed by atoms with Crippen molar-refractivity contribution >= 4 is 35.8 Å². The number of amides is 1. The van der Waals surface area contributed by atoms with E-state index in [1.165, 1.54) is 0 Å². The lowest BCUT2D eigenvalue weighted by Gasteiger charge is -2.24. The molecule has 20 heavy (non-hydrogen) atoms. The molecule has 5 nitrogen and oxygen atoms in total. The largest absolute Gasteiger partial charge is 0.497 e. The van der Waals surface area contributed by atoms with Crippen LogP contribution in [-0.4, -0.2) is 25.0 Å². The Morgan fingerprint density at radius 2 is 2.05 bits per heavy atom. The van der Waals surface area contributed by atoms with E-state index in [0.29, 0.717) is 22.1 Å². The molecule has 1 aliphatic rings. The first-order valence-electron chi connectivity index (χ1n) is 6.05. The summed E-state index contributed by atoms with van der Waals surface area (Å²) in [6.45, 7) is -0.440. The predicted molar refractivity (Wildman–Crippen MR) is 78.7 cm³/mol. The number of hydrogen-bond donors (Lipinski definition) is 2.